The molecular formula is C24H25FN2O3S. The Labute approximate surface area is 182 Å². The fraction of sp³-hybridized carbons (Fsp3) is 0.208. The highest BCUT2D eigenvalue weighted by molar-refractivity contribution is 7.92. The normalized spacial score (nSPS) is 11.2. The van der Waals surface area contributed by atoms with Gasteiger partial charge in [-0.1, -0.05) is 36.4 Å². The number of halogens is 1. The van der Waals surface area contributed by atoms with Crippen LogP contribution in [0.15, 0.2) is 77.7 Å². The molecule has 1 N–H and O–H groups in total. The molecule has 3 aromatic carbocycles. The highest BCUT2D eigenvalue weighted by Gasteiger charge is 2.23. The van der Waals surface area contributed by atoms with Crippen LogP contribution in [-0.4, -0.2) is 27.9 Å². The number of nitrogens with one attached hydrogen (secondary N) is 1. The number of aryl methyl sites for hydroxylation is 2. The second-order valence-corrected chi connectivity index (χ2v) is 9.24. The van der Waals surface area contributed by atoms with Crippen LogP contribution in [0, 0.1) is 12.7 Å². The number of amides is 1. The predicted octanol–water partition coefficient (Wildman–Crippen LogP) is 4.32. The monoisotopic (exact) mass is 440 g/mol. The van der Waals surface area contributed by atoms with Crippen molar-refractivity contribution in [2.24, 2.45) is 0 Å². The lowest BCUT2D eigenvalue weighted by Crippen LogP contribution is -2.28. The van der Waals surface area contributed by atoms with E-state index in [0.717, 1.165) is 17.5 Å². The average Bonchev–Trinajstić information content (AvgIpc) is 2.78. The molecule has 0 bridgehead atoms. The van der Waals surface area contributed by atoms with E-state index in [-0.39, 0.29) is 16.6 Å². The highest BCUT2D eigenvalue weighted by atomic mass is 32.2. The van der Waals surface area contributed by atoms with Crippen LogP contribution < -0.4 is 9.62 Å². The van der Waals surface area contributed by atoms with Crippen LogP contribution in [0.4, 0.5) is 10.1 Å². The van der Waals surface area contributed by atoms with Crippen molar-refractivity contribution < 1.29 is 17.6 Å². The maximum atomic E-state index is 13.0. The van der Waals surface area contributed by atoms with Crippen molar-refractivity contribution in [3.8, 4) is 0 Å². The van der Waals surface area contributed by atoms with Crippen molar-refractivity contribution >= 4 is 21.6 Å². The van der Waals surface area contributed by atoms with Crippen molar-refractivity contribution in [1.29, 1.82) is 0 Å². The maximum Gasteiger partial charge on any atom is 0.264 e. The first-order chi connectivity index (χ1) is 14.8. The molecule has 0 spiro atoms. The van der Waals surface area contributed by atoms with E-state index in [1.165, 1.54) is 23.5 Å². The van der Waals surface area contributed by atoms with Gasteiger partial charge in [0.1, 0.15) is 5.82 Å². The Balaban J connectivity index is 1.67. The summed E-state index contributed by atoms with van der Waals surface area (Å²) < 4.78 is 40.0. The van der Waals surface area contributed by atoms with Gasteiger partial charge in [-0.25, -0.2) is 12.8 Å². The molecule has 0 saturated heterocycles. The average molecular weight is 441 g/mol. The van der Waals surface area contributed by atoms with Crippen LogP contribution in [-0.2, 0) is 16.4 Å². The molecular weight excluding hydrogens is 415 g/mol. The Morgan fingerprint density at radius 2 is 1.68 bits per heavy atom. The van der Waals surface area contributed by atoms with E-state index in [1.807, 2.05) is 0 Å². The third-order valence-corrected chi connectivity index (χ3v) is 6.84. The number of hydrogen-bond acceptors (Lipinski definition) is 3. The van der Waals surface area contributed by atoms with Crippen molar-refractivity contribution in [1.82, 2.24) is 5.32 Å². The lowest BCUT2D eigenvalue weighted by atomic mass is 10.1. The van der Waals surface area contributed by atoms with E-state index < -0.39 is 10.0 Å². The maximum absolute atomic E-state index is 13.0. The first kappa shape index (κ1) is 22.5. The van der Waals surface area contributed by atoms with Gasteiger partial charge in [-0.05, 0) is 67.3 Å². The number of carbonyl (C=O) groups is 1. The van der Waals surface area contributed by atoms with Gasteiger partial charge in [0, 0.05) is 19.2 Å². The molecule has 3 rings (SSSR count). The summed E-state index contributed by atoms with van der Waals surface area (Å²) in [5, 5.41) is 2.86. The number of nitrogens with zero attached hydrogens (tertiary/aromatic N) is 1. The van der Waals surface area contributed by atoms with Gasteiger partial charge in [-0.15, -0.1) is 0 Å². The third-order valence-electron chi connectivity index (χ3n) is 5.05. The number of rotatable bonds is 8. The van der Waals surface area contributed by atoms with Crippen molar-refractivity contribution in [2.75, 3.05) is 17.9 Å². The second-order valence-electron chi connectivity index (χ2n) is 7.27. The fourth-order valence-corrected chi connectivity index (χ4v) is 4.49. The molecule has 0 aliphatic rings. The number of benzene rings is 3. The molecule has 0 aliphatic heterocycles. The molecule has 5 nitrogen and oxygen atoms in total. The summed E-state index contributed by atoms with van der Waals surface area (Å²) in [5.74, 6) is -0.544. The fourth-order valence-electron chi connectivity index (χ4n) is 3.22. The van der Waals surface area contributed by atoms with E-state index in [0.29, 0.717) is 24.2 Å². The molecule has 0 aliphatic carbocycles. The molecule has 162 valence electrons. The number of anilines is 1. The summed E-state index contributed by atoms with van der Waals surface area (Å²) in [6.07, 6.45) is 1.43. The first-order valence-corrected chi connectivity index (χ1v) is 11.4. The lowest BCUT2D eigenvalue weighted by Gasteiger charge is -2.22. The van der Waals surface area contributed by atoms with Crippen LogP contribution in [0.2, 0.25) is 0 Å². The molecule has 0 saturated carbocycles. The van der Waals surface area contributed by atoms with E-state index in [2.05, 4.69) is 5.32 Å². The Bertz CT molecular complexity index is 1150. The van der Waals surface area contributed by atoms with E-state index >= 15 is 0 Å². The summed E-state index contributed by atoms with van der Waals surface area (Å²) in [7, 11) is -2.26. The van der Waals surface area contributed by atoms with Gasteiger partial charge >= 0.3 is 0 Å². The number of hydrogen-bond donors (Lipinski definition) is 1. The van der Waals surface area contributed by atoms with Gasteiger partial charge in [0.15, 0.2) is 0 Å². The zero-order valence-corrected chi connectivity index (χ0v) is 18.3. The molecule has 0 aromatic heterocycles. The number of carbonyl (C=O) groups excluding carboxylic acids is 1. The summed E-state index contributed by atoms with van der Waals surface area (Å²) in [6, 6.07) is 19.5. The smallest absolute Gasteiger partial charge is 0.264 e. The summed E-state index contributed by atoms with van der Waals surface area (Å²) in [4.78, 5) is 12.8. The minimum absolute atomic E-state index is 0.188. The zero-order valence-electron chi connectivity index (χ0n) is 17.5. The van der Waals surface area contributed by atoms with Gasteiger partial charge < -0.3 is 5.32 Å². The van der Waals surface area contributed by atoms with Crippen LogP contribution >= 0.6 is 0 Å². The van der Waals surface area contributed by atoms with E-state index in [9.17, 15) is 17.6 Å². The van der Waals surface area contributed by atoms with Crippen LogP contribution in [0.5, 0.6) is 0 Å². The molecule has 31 heavy (non-hydrogen) atoms. The van der Waals surface area contributed by atoms with Gasteiger partial charge in [-0.3, -0.25) is 9.10 Å². The van der Waals surface area contributed by atoms with Crippen LogP contribution in [0.25, 0.3) is 0 Å². The van der Waals surface area contributed by atoms with Crippen LogP contribution in [0.1, 0.15) is 27.9 Å². The van der Waals surface area contributed by atoms with Crippen LogP contribution in [0.3, 0.4) is 0 Å². The SMILES string of the molecule is Cc1ccc(C(=O)NCCCc2ccc(F)cc2)cc1N(C)S(=O)(=O)c1ccccc1. The van der Waals surface area contributed by atoms with E-state index in [4.69, 9.17) is 0 Å². The quantitative estimate of drug-likeness (QED) is 0.531. The summed E-state index contributed by atoms with van der Waals surface area (Å²) in [5.41, 5.74) is 2.58. The van der Waals surface area contributed by atoms with Gasteiger partial charge in [0.05, 0.1) is 10.6 Å². The largest absolute Gasteiger partial charge is 0.352 e. The van der Waals surface area contributed by atoms with Crippen molar-refractivity contribution in [3.63, 3.8) is 0 Å². The molecule has 0 radical (unpaired) electrons. The molecule has 0 atom stereocenters. The Hall–Kier alpha value is -3.19. The molecule has 0 unspecified atom stereocenters. The Kier molecular flexibility index (Phi) is 7.07. The van der Waals surface area contributed by atoms with Crippen molar-refractivity contribution in [3.05, 3.63) is 95.3 Å². The first-order valence-electron chi connectivity index (χ1n) is 9.96. The zero-order chi connectivity index (χ0) is 22.4. The molecule has 7 heteroatoms. The number of sulfonamides is 1. The minimum atomic E-state index is -3.74. The van der Waals surface area contributed by atoms with Crippen molar-refractivity contribution in [2.45, 2.75) is 24.7 Å². The summed E-state index contributed by atoms with van der Waals surface area (Å²) in [6.45, 7) is 2.26. The Morgan fingerprint density at radius 1 is 1.00 bits per heavy atom. The van der Waals surface area contributed by atoms with Gasteiger partial charge in [-0.2, -0.15) is 0 Å². The standard InChI is InChI=1S/C24H25FN2O3S/c1-18-10-13-20(24(28)26-16-6-7-19-11-14-21(25)15-12-19)17-23(18)27(2)31(29,30)22-8-4-3-5-9-22/h3-5,8-15,17H,6-7,16H2,1-2H3,(H,26,28). The van der Waals surface area contributed by atoms with Gasteiger partial charge in [0.25, 0.3) is 15.9 Å². The van der Waals surface area contributed by atoms with Gasteiger partial charge in [0.2, 0.25) is 0 Å². The molecule has 0 fully saturated rings. The second kappa shape index (κ2) is 9.75. The predicted molar refractivity (Wildman–Crippen MR) is 120 cm³/mol. The minimum Gasteiger partial charge on any atom is -0.352 e. The third kappa shape index (κ3) is 5.49. The lowest BCUT2D eigenvalue weighted by molar-refractivity contribution is 0.0953. The Morgan fingerprint density at radius 3 is 2.35 bits per heavy atom. The van der Waals surface area contributed by atoms with E-state index in [1.54, 1.807) is 67.6 Å². The summed E-state index contributed by atoms with van der Waals surface area (Å²) >= 11 is 0. The topological polar surface area (TPSA) is 66.5 Å². The highest BCUT2D eigenvalue weighted by Crippen LogP contribution is 2.26. The molecule has 0 heterocycles. The molecule has 1 amide bonds. The molecule has 3 aromatic rings.